The molecule has 0 aliphatic carbocycles. The zero-order valence-electron chi connectivity index (χ0n) is 9.57. The lowest BCUT2D eigenvalue weighted by atomic mass is 10.1. The zero-order valence-corrected chi connectivity index (χ0v) is 10.4. The third-order valence-corrected chi connectivity index (χ3v) is 3.37. The summed E-state index contributed by atoms with van der Waals surface area (Å²) in [7, 11) is 0. The molecule has 0 aliphatic heterocycles. The molecule has 1 heterocycles. The zero-order chi connectivity index (χ0) is 13.0. The van der Waals surface area contributed by atoms with Crippen LogP contribution < -0.4 is 0 Å². The summed E-state index contributed by atoms with van der Waals surface area (Å²) in [6.07, 6.45) is 1.23. The molecular formula is C12H12N2O3S. The minimum absolute atomic E-state index is 0.0962. The first kappa shape index (κ1) is 12.7. The van der Waals surface area contributed by atoms with Crippen molar-refractivity contribution >= 4 is 17.0 Å². The van der Waals surface area contributed by atoms with Gasteiger partial charge in [-0.05, 0) is 5.56 Å². The third kappa shape index (κ3) is 3.12. The van der Waals surface area contributed by atoms with Gasteiger partial charge in [-0.2, -0.15) is 0 Å². The molecule has 0 fully saturated rings. The fourth-order valence-electron chi connectivity index (χ4n) is 1.57. The van der Waals surface area contributed by atoms with Gasteiger partial charge in [0.15, 0.2) is 0 Å². The van der Waals surface area contributed by atoms with Crippen LogP contribution >= 0.6 is 11.3 Å². The summed E-state index contributed by atoms with van der Waals surface area (Å²) >= 11 is 1.54. The Morgan fingerprint density at radius 2 is 2.06 bits per heavy atom. The second-order valence-electron chi connectivity index (χ2n) is 3.81. The van der Waals surface area contributed by atoms with Crippen LogP contribution in [0, 0.1) is 10.1 Å². The first-order chi connectivity index (χ1) is 8.69. The standard InChI is InChI=1S/C12H12N2O3S/c15-6-5-10-8-18-12(13-10)7-9-1-3-11(4-2-9)14(16)17/h1-4,8,15H,5-7H2. The van der Waals surface area contributed by atoms with Gasteiger partial charge in [0.25, 0.3) is 5.69 Å². The highest BCUT2D eigenvalue weighted by Crippen LogP contribution is 2.17. The molecule has 18 heavy (non-hydrogen) atoms. The maximum atomic E-state index is 10.5. The molecule has 2 rings (SSSR count). The summed E-state index contributed by atoms with van der Waals surface area (Å²) < 4.78 is 0. The van der Waals surface area contributed by atoms with Crippen LogP contribution in [0.5, 0.6) is 0 Å². The highest BCUT2D eigenvalue weighted by Gasteiger charge is 2.06. The minimum Gasteiger partial charge on any atom is -0.396 e. The van der Waals surface area contributed by atoms with Crippen molar-refractivity contribution in [1.82, 2.24) is 4.98 Å². The molecule has 0 amide bonds. The molecule has 0 spiro atoms. The summed E-state index contributed by atoms with van der Waals surface area (Å²) in [6.45, 7) is 0.0979. The SMILES string of the molecule is O=[N+]([O-])c1ccc(Cc2nc(CCO)cs2)cc1. The van der Waals surface area contributed by atoms with Gasteiger partial charge in [-0.25, -0.2) is 4.98 Å². The summed E-state index contributed by atoms with van der Waals surface area (Å²) in [4.78, 5) is 14.5. The predicted octanol–water partition coefficient (Wildman–Crippen LogP) is 2.18. The van der Waals surface area contributed by atoms with Crippen molar-refractivity contribution in [3.63, 3.8) is 0 Å². The number of thiazole rings is 1. The van der Waals surface area contributed by atoms with Crippen LogP contribution in [0.3, 0.4) is 0 Å². The number of benzene rings is 1. The van der Waals surface area contributed by atoms with E-state index < -0.39 is 4.92 Å². The lowest BCUT2D eigenvalue weighted by Crippen LogP contribution is -1.93. The predicted molar refractivity (Wildman–Crippen MR) is 68.8 cm³/mol. The number of aliphatic hydroxyl groups is 1. The first-order valence-electron chi connectivity index (χ1n) is 5.46. The average Bonchev–Trinajstić information content (AvgIpc) is 2.78. The van der Waals surface area contributed by atoms with Gasteiger partial charge in [0.1, 0.15) is 0 Å². The van der Waals surface area contributed by atoms with Crippen LogP contribution in [0.1, 0.15) is 16.3 Å². The molecule has 1 N–H and O–H groups in total. The van der Waals surface area contributed by atoms with E-state index in [-0.39, 0.29) is 12.3 Å². The Balaban J connectivity index is 2.06. The van der Waals surface area contributed by atoms with Crippen LogP contribution in [-0.4, -0.2) is 21.6 Å². The van der Waals surface area contributed by atoms with Crippen molar-refractivity contribution in [2.45, 2.75) is 12.8 Å². The number of aliphatic hydroxyl groups excluding tert-OH is 1. The van der Waals surface area contributed by atoms with Gasteiger partial charge in [-0.15, -0.1) is 11.3 Å². The lowest BCUT2D eigenvalue weighted by molar-refractivity contribution is -0.384. The van der Waals surface area contributed by atoms with Crippen LogP contribution in [-0.2, 0) is 12.8 Å². The van der Waals surface area contributed by atoms with Crippen molar-refractivity contribution in [3.8, 4) is 0 Å². The molecule has 0 saturated carbocycles. The van der Waals surface area contributed by atoms with Gasteiger partial charge < -0.3 is 5.11 Å². The second kappa shape index (κ2) is 5.70. The van der Waals surface area contributed by atoms with E-state index in [1.165, 1.54) is 23.5 Å². The largest absolute Gasteiger partial charge is 0.396 e. The Kier molecular flexibility index (Phi) is 4.01. The Morgan fingerprint density at radius 3 is 2.67 bits per heavy atom. The van der Waals surface area contributed by atoms with E-state index in [2.05, 4.69) is 4.98 Å². The fourth-order valence-corrected chi connectivity index (χ4v) is 2.43. The summed E-state index contributed by atoms with van der Waals surface area (Å²) in [5.74, 6) is 0. The maximum absolute atomic E-state index is 10.5. The number of nitro groups is 1. The number of aromatic nitrogens is 1. The van der Waals surface area contributed by atoms with E-state index in [4.69, 9.17) is 5.11 Å². The molecule has 94 valence electrons. The van der Waals surface area contributed by atoms with Crippen molar-refractivity contribution < 1.29 is 10.0 Å². The van der Waals surface area contributed by atoms with Crippen molar-refractivity contribution in [2.75, 3.05) is 6.61 Å². The minimum atomic E-state index is -0.410. The monoisotopic (exact) mass is 264 g/mol. The van der Waals surface area contributed by atoms with Gasteiger partial charge in [0.05, 0.1) is 15.6 Å². The van der Waals surface area contributed by atoms with Gasteiger partial charge >= 0.3 is 0 Å². The van der Waals surface area contributed by atoms with Crippen LogP contribution in [0.25, 0.3) is 0 Å². The molecule has 0 unspecified atom stereocenters. The maximum Gasteiger partial charge on any atom is 0.269 e. The van der Waals surface area contributed by atoms with E-state index in [9.17, 15) is 10.1 Å². The molecule has 1 aromatic heterocycles. The highest BCUT2D eigenvalue weighted by molar-refractivity contribution is 7.09. The number of rotatable bonds is 5. The number of nitro benzene ring substituents is 1. The van der Waals surface area contributed by atoms with Crippen molar-refractivity contribution in [1.29, 1.82) is 0 Å². The highest BCUT2D eigenvalue weighted by atomic mass is 32.1. The van der Waals surface area contributed by atoms with Gasteiger partial charge in [0.2, 0.25) is 0 Å². The molecule has 5 nitrogen and oxygen atoms in total. The molecule has 0 saturated heterocycles. The first-order valence-corrected chi connectivity index (χ1v) is 6.34. The summed E-state index contributed by atoms with van der Waals surface area (Å²) in [5.41, 5.74) is 1.98. The average molecular weight is 264 g/mol. The van der Waals surface area contributed by atoms with E-state index in [1.807, 2.05) is 5.38 Å². The van der Waals surface area contributed by atoms with Crippen LogP contribution in [0.4, 0.5) is 5.69 Å². The van der Waals surface area contributed by atoms with E-state index in [0.29, 0.717) is 12.8 Å². The molecule has 2 aromatic rings. The molecular weight excluding hydrogens is 252 g/mol. The normalized spacial score (nSPS) is 10.5. The van der Waals surface area contributed by atoms with E-state index >= 15 is 0 Å². The molecule has 0 bridgehead atoms. The topological polar surface area (TPSA) is 76.3 Å². The Morgan fingerprint density at radius 1 is 1.33 bits per heavy atom. The van der Waals surface area contributed by atoms with Crippen LogP contribution in [0.2, 0.25) is 0 Å². The quantitative estimate of drug-likeness (QED) is 0.663. The Labute approximate surface area is 108 Å². The fraction of sp³-hybridized carbons (Fsp3) is 0.250. The molecule has 0 aliphatic rings. The number of hydrogen-bond donors (Lipinski definition) is 1. The number of non-ortho nitro benzene ring substituents is 1. The molecule has 1 aromatic carbocycles. The lowest BCUT2D eigenvalue weighted by Gasteiger charge is -1.97. The smallest absolute Gasteiger partial charge is 0.269 e. The molecule has 6 heteroatoms. The molecule has 0 atom stereocenters. The van der Waals surface area contributed by atoms with Crippen molar-refractivity contribution in [3.05, 3.63) is 56.0 Å². The number of hydrogen-bond acceptors (Lipinski definition) is 5. The molecule has 0 radical (unpaired) electrons. The second-order valence-corrected chi connectivity index (χ2v) is 4.75. The van der Waals surface area contributed by atoms with Crippen molar-refractivity contribution in [2.24, 2.45) is 0 Å². The van der Waals surface area contributed by atoms with E-state index in [1.54, 1.807) is 12.1 Å². The third-order valence-electron chi connectivity index (χ3n) is 2.47. The van der Waals surface area contributed by atoms with Crippen LogP contribution in [0.15, 0.2) is 29.6 Å². The van der Waals surface area contributed by atoms with Gasteiger partial charge in [-0.3, -0.25) is 10.1 Å². The van der Waals surface area contributed by atoms with Gasteiger partial charge in [-0.1, -0.05) is 12.1 Å². The Bertz CT molecular complexity index is 537. The van der Waals surface area contributed by atoms with E-state index in [0.717, 1.165) is 16.3 Å². The Hall–Kier alpha value is -1.79. The number of nitrogens with zero attached hydrogens (tertiary/aromatic N) is 2. The summed E-state index contributed by atoms with van der Waals surface area (Å²) in [5, 5.41) is 22.2. The van der Waals surface area contributed by atoms with Gasteiger partial charge in [0, 0.05) is 37.0 Å². The summed E-state index contributed by atoms with van der Waals surface area (Å²) in [6, 6.07) is 6.48.